The van der Waals surface area contributed by atoms with Crippen LogP contribution in [0.2, 0.25) is 5.02 Å². The average molecular weight is 324 g/mol. The van der Waals surface area contributed by atoms with Crippen LogP contribution in [0.1, 0.15) is 32.3 Å². The third kappa shape index (κ3) is 3.93. The van der Waals surface area contributed by atoms with Crippen LogP contribution in [-0.2, 0) is 10.2 Å². The standard InChI is InChI=1S/C17H26ClN3O/c1-3-21(4-2)16(19)20-13-17(8-10-22-11-9-17)14-6-5-7-15(18)12-14/h5-7,12H,3-4,8-11,13H2,1-2H3,(H2,19,20). The molecule has 2 rings (SSSR count). The van der Waals surface area contributed by atoms with Gasteiger partial charge in [0, 0.05) is 36.7 Å². The largest absolute Gasteiger partial charge is 0.381 e. The van der Waals surface area contributed by atoms with Gasteiger partial charge in [-0.3, -0.25) is 4.99 Å². The molecule has 1 aliphatic heterocycles. The zero-order valence-electron chi connectivity index (χ0n) is 13.5. The number of hydrogen-bond acceptors (Lipinski definition) is 2. The van der Waals surface area contributed by atoms with Crippen LogP contribution in [0.5, 0.6) is 0 Å². The molecule has 5 heteroatoms. The number of nitrogens with two attached hydrogens (primary N) is 1. The fourth-order valence-electron chi connectivity index (χ4n) is 3.00. The number of nitrogens with zero attached hydrogens (tertiary/aromatic N) is 2. The SMILES string of the molecule is CCN(CC)C(N)=NCC1(c2cccc(Cl)c2)CCOCC1. The van der Waals surface area contributed by atoms with E-state index >= 15 is 0 Å². The maximum absolute atomic E-state index is 6.18. The van der Waals surface area contributed by atoms with Crippen molar-refractivity contribution >= 4 is 17.6 Å². The van der Waals surface area contributed by atoms with Crippen LogP contribution in [0.3, 0.4) is 0 Å². The molecule has 2 N–H and O–H groups in total. The molecule has 1 saturated heterocycles. The van der Waals surface area contributed by atoms with E-state index in [1.165, 1.54) is 5.56 Å². The normalized spacial score (nSPS) is 18.2. The lowest BCUT2D eigenvalue weighted by molar-refractivity contribution is 0.0530. The Morgan fingerprint density at radius 2 is 2.00 bits per heavy atom. The molecule has 1 aromatic carbocycles. The number of aliphatic imine (C=N–C) groups is 1. The molecule has 0 unspecified atom stereocenters. The van der Waals surface area contributed by atoms with Gasteiger partial charge in [-0.15, -0.1) is 0 Å². The van der Waals surface area contributed by atoms with Gasteiger partial charge in [-0.25, -0.2) is 0 Å². The van der Waals surface area contributed by atoms with Crippen LogP contribution in [0.15, 0.2) is 29.3 Å². The molecule has 0 aromatic heterocycles. The monoisotopic (exact) mass is 323 g/mol. The molecule has 0 aliphatic carbocycles. The van der Waals surface area contributed by atoms with Crippen LogP contribution < -0.4 is 5.73 Å². The molecule has 0 amide bonds. The van der Waals surface area contributed by atoms with E-state index in [-0.39, 0.29) is 5.41 Å². The summed E-state index contributed by atoms with van der Waals surface area (Å²) in [6, 6.07) is 8.11. The predicted molar refractivity (Wildman–Crippen MR) is 92.6 cm³/mol. The second-order valence-corrected chi connectivity index (χ2v) is 6.19. The molecule has 0 atom stereocenters. The number of hydrogen-bond donors (Lipinski definition) is 1. The van der Waals surface area contributed by atoms with E-state index < -0.39 is 0 Å². The minimum absolute atomic E-state index is 0.0269. The summed E-state index contributed by atoms with van der Waals surface area (Å²) in [5.41, 5.74) is 7.35. The van der Waals surface area contributed by atoms with Gasteiger partial charge in [0.2, 0.25) is 0 Å². The highest BCUT2D eigenvalue weighted by Gasteiger charge is 2.34. The maximum atomic E-state index is 6.18. The summed E-state index contributed by atoms with van der Waals surface area (Å²) in [5.74, 6) is 0.623. The fraction of sp³-hybridized carbons (Fsp3) is 0.588. The molecule has 22 heavy (non-hydrogen) atoms. The number of guanidine groups is 1. The Labute approximate surface area is 138 Å². The Hall–Kier alpha value is -1.26. The topological polar surface area (TPSA) is 50.8 Å². The van der Waals surface area contributed by atoms with E-state index in [0.29, 0.717) is 12.5 Å². The van der Waals surface area contributed by atoms with Crippen LogP contribution in [-0.4, -0.2) is 43.7 Å². The minimum atomic E-state index is -0.0269. The van der Waals surface area contributed by atoms with Gasteiger partial charge in [0.1, 0.15) is 0 Å². The van der Waals surface area contributed by atoms with E-state index in [1.807, 2.05) is 12.1 Å². The van der Waals surface area contributed by atoms with E-state index in [1.54, 1.807) is 0 Å². The van der Waals surface area contributed by atoms with Gasteiger partial charge in [0.25, 0.3) is 0 Å². The summed E-state index contributed by atoms with van der Waals surface area (Å²) in [5, 5.41) is 0.768. The summed E-state index contributed by atoms with van der Waals surface area (Å²) in [6.07, 6.45) is 1.89. The van der Waals surface area contributed by atoms with E-state index in [2.05, 4.69) is 35.9 Å². The van der Waals surface area contributed by atoms with Gasteiger partial charge in [-0.2, -0.15) is 0 Å². The van der Waals surface area contributed by atoms with Crippen molar-refractivity contribution in [3.05, 3.63) is 34.9 Å². The highest BCUT2D eigenvalue weighted by Crippen LogP contribution is 2.36. The summed E-state index contributed by atoms with van der Waals surface area (Å²) in [7, 11) is 0. The third-order valence-corrected chi connectivity index (χ3v) is 4.75. The van der Waals surface area contributed by atoms with Crippen molar-refractivity contribution in [1.29, 1.82) is 0 Å². The van der Waals surface area contributed by atoms with Gasteiger partial charge in [-0.05, 0) is 44.4 Å². The first-order valence-electron chi connectivity index (χ1n) is 8.00. The molecule has 0 spiro atoms. The molecule has 4 nitrogen and oxygen atoms in total. The van der Waals surface area contributed by atoms with E-state index in [0.717, 1.165) is 44.2 Å². The number of benzene rings is 1. The van der Waals surface area contributed by atoms with Crippen molar-refractivity contribution in [3.8, 4) is 0 Å². The Balaban J connectivity index is 2.25. The van der Waals surface area contributed by atoms with Crippen LogP contribution >= 0.6 is 11.6 Å². The van der Waals surface area contributed by atoms with Crippen molar-refractivity contribution in [2.75, 3.05) is 32.8 Å². The highest BCUT2D eigenvalue weighted by atomic mass is 35.5. The minimum Gasteiger partial charge on any atom is -0.381 e. The molecule has 1 aromatic rings. The van der Waals surface area contributed by atoms with Gasteiger partial charge >= 0.3 is 0 Å². The second-order valence-electron chi connectivity index (χ2n) is 5.75. The zero-order valence-corrected chi connectivity index (χ0v) is 14.3. The Morgan fingerprint density at radius 3 is 2.59 bits per heavy atom. The Morgan fingerprint density at radius 1 is 1.32 bits per heavy atom. The third-order valence-electron chi connectivity index (χ3n) is 4.52. The molecule has 1 aliphatic rings. The first-order chi connectivity index (χ1) is 10.6. The summed E-state index contributed by atoms with van der Waals surface area (Å²) < 4.78 is 5.55. The average Bonchev–Trinajstić information content (AvgIpc) is 2.55. The Kier molecular flexibility index (Phi) is 6.09. The molecular formula is C17H26ClN3O. The first kappa shape index (κ1) is 17.1. The highest BCUT2D eigenvalue weighted by molar-refractivity contribution is 6.30. The van der Waals surface area contributed by atoms with Crippen molar-refractivity contribution in [2.45, 2.75) is 32.1 Å². The summed E-state index contributed by atoms with van der Waals surface area (Å²) in [4.78, 5) is 6.76. The molecule has 1 heterocycles. The molecule has 122 valence electrons. The van der Waals surface area contributed by atoms with Crippen LogP contribution in [0, 0.1) is 0 Å². The lowest BCUT2D eigenvalue weighted by Crippen LogP contribution is -2.41. The fourth-order valence-corrected chi connectivity index (χ4v) is 3.19. The summed E-state index contributed by atoms with van der Waals surface area (Å²) in [6.45, 7) is 8.12. The number of rotatable bonds is 5. The van der Waals surface area contributed by atoms with Crippen molar-refractivity contribution in [3.63, 3.8) is 0 Å². The summed E-state index contributed by atoms with van der Waals surface area (Å²) >= 11 is 6.18. The number of ether oxygens (including phenoxy) is 1. The van der Waals surface area contributed by atoms with E-state index in [4.69, 9.17) is 22.1 Å². The second kappa shape index (κ2) is 7.84. The molecular weight excluding hydrogens is 298 g/mol. The quantitative estimate of drug-likeness (QED) is 0.669. The maximum Gasteiger partial charge on any atom is 0.191 e. The number of halogens is 1. The molecule has 0 radical (unpaired) electrons. The van der Waals surface area contributed by atoms with Gasteiger partial charge in [0.15, 0.2) is 5.96 Å². The lowest BCUT2D eigenvalue weighted by atomic mass is 9.74. The van der Waals surface area contributed by atoms with Crippen molar-refractivity contribution in [1.82, 2.24) is 4.90 Å². The smallest absolute Gasteiger partial charge is 0.191 e. The molecule has 0 bridgehead atoms. The molecule has 0 saturated carbocycles. The van der Waals surface area contributed by atoms with Gasteiger partial charge in [0.05, 0.1) is 6.54 Å². The van der Waals surface area contributed by atoms with Gasteiger partial charge < -0.3 is 15.4 Å². The lowest BCUT2D eigenvalue weighted by Gasteiger charge is -2.37. The van der Waals surface area contributed by atoms with Crippen LogP contribution in [0.4, 0.5) is 0 Å². The van der Waals surface area contributed by atoms with E-state index in [9.17, 15) is 0 Å². The van der Waals surface area contributed by atoms with Crippen molar-refractivity contribution < 1.29 is 4.74 Å². The van der Waals surface area contributed by atoms with Crippen LogP contribution in [0.25, 0.3) is 0 Å². The Bertz CT molecular complexity index is 508. The predicted octanol–water partition coefficient (Wildman–Crippen LogP) is 3.04. The van der Waals surface area contributed by atoms with Crippen molar-refractivity contribution in [2.24, 2.45) is 10.7 Å². The molecule has 1 fully saturated rings. The first-order valence-corrected chi connectivity index (χ1v) is 8.38. The zero-order chi connectivity index (χ0) is 16.0. The van der Waals surface area contributed by atoms with Gasteiger partial charge in [-0.1, -0.05) is 23.7 Å².